The first-order valence-electron chi connectivity index (χ1n) is 10.9. The van der Waals surface area contributed by atoms with Crippen LogP contribution in [0.25, 0.3) is 0 Å². The van der Waals surface area contributed by atoms with E-state index in [2.05, 4.69) is 22.0 Å². The monoisotopic (exact) mass is 484 g/mol. The Morgan fingerprint density at radius 3 is 2.45 bits per heavy atom. The van der Waals surface area contributed by atoms with Crippen molar-refractivity contribution in [3.8, 4) is 11.5 Å². The first-order valence-corrected chi connectivity index (χ1v) is 11.7. The number of morpholine rings is 1. The van der Waals surface area contributed by atoms with Gasteiger partial charge in [0.05, 0.1) is 30.5 Å². The van der Waals surface area contributed by atoms with Crippen molar-refractivity contribution in [3.05, 3.63) is 81.8 Å². The van der Waals surface area contributed by atoms with Crippen molar-refractivity contribution >= 4 is 40.8 Å². The average Bonchev–Trinajstić information content (AvgIpc) is 2.84. The summed E-state index contributed by atoms with van der Waals surface area (Å²) in [6.07, 6.45) is 1.77. The van der Waals surface area contributed by atoms with Gasteiger partial charge in [-0.15, -0.1) is 0 Å². The zero-order chi connectivity index (χ0) is 23.0. The fraction of sp³-hybridized carbons (Fsp3) is 0.269. The van der Waals surface area contributed by atoms with Gasteiger partial charge in [0, 0.05) is 35.6 Å². The fourth-order valence-electron chi connectivity index (χ4n) is 3.55. The molecule has 0 bridgehead atoms. The van der Waals surface area contributed by atoms with Crippen molar-refractivity contribution in [2.45, 2.75) is 13.5 Å². The number of benzene rings is 3. The lowest BCUT2D eigenvalue weighted by molar-refractivity contribution is 0.122. The number of halogens is 2. The molecule has 0 amide bonds. The molecule has 0 N–H and O–H groups in total. The molecule has 33 heavy (non-hydrogen) atoms. The van der Waals surface area contributed by atoms with Gasteiger partial charge in [-0.2, -0.15) is 0 Å². The molecule has 5 nitrogen and oxygen atoms in total. The van der Waals surface area contributed by atoms with E-state index in [1.807, 2.05) is 55.5 Å². The van der Waals surface area contributed by atoms with Crippen molar-refractivity contribution in [2.75, 3.05) is 37.8 Å². The summed E-state index contributed by atoms with van der Waals surface area (Å²) in [5.41, 5.74) is 3.74. The van der Waals surface area contributed by atoms with Crippen LogP contribution >= 0.6 is 23.2 Å². The van der Waals surface area contributed by atoms with Gasteiger partial charge in [-0.25, -0.2) is 0 Å². The number of nitrogens with zero attached hydrogens (tertiary/aromatic N) is 2. The normalized spacial score (nSPS) is 14.0. The molecule has 0 unspecified atom stereocenters. The number of hydrogen-bond acceptors (Lipinski definition) is 5. The Hall–Kier alpha value is -2.73. The molecule has 1 heterocycles. The molecule has 0 aromatic heterocycles. The van der Waals surface area contributed by atoms with E-state index in [4.69, 9.17) is 37.4 Å². The summed E-state index contributed by atoms with van der Waals surface area (Å²) in [6, 6.07) is 19.4. The second-order valence-electron chi connectivity index (χ2n) is 7.52. The zero-order valence-electron chi connectivity index (χ0n) is 18.5. The van der Waals surface area contributed by atoms with Crippen LogP contribution in [0.2, 0.25) is 10.0 Å². The summed E-state index contributed by atoms with van der Waals surface area (Å²) >= 11 is 12.8. The first-order chi connectivity index (χ1) is 16.1. The number of aliphatic imine (C=N–C) groups is 1. The molecule has 1 fully saturated rings. The molecule has 0 aliphatic carbocycles. The summed E-state index contributed by atoms with van der Waals surface area (Å²) in [5, 5.41) is 1.10. The average molecular weight is 485 g/mol. The van der Waals surface area contributed by atoms with Crippen LogP contribution in [0.1, 0.15) is 18.1 Å². The Morgan fingerprint density at radius 1 is 0.970 bits per heavy atom. The van der Waals surface area contributed by atoms with Crippen molar-refractivity contribution < 1.29 is 14.2 Å². The third-order valence-corrected chi connectivity index (χ3v) is 5.90. The van der Waals surface area contributed by atoms with Crippen molar-refractivity contribution in [1.82, 2.24) is 0 Å². The summed E-state index contributed by atoms with van der Waals surface area (Å²) in [7, 11) is 0. The Labute approximate surface area is 204 Å². The highest BCUT2D eigenvalue weighted by Gasteiger charge is 2.14. The molecule has 1 aliphatic rings. The minimum absolute atomic E-state index is 0.294. The quantitative estimate of drug-likeness (QED) is 0.339. The van der Waals surface area contributed by atoms with Gasteiger partial charge in [0.1, 0.15) is 6.61 Å². The summed E-state index contributed by atoms with van der Waals surface area (Å²) in [5.74, 6) is 1.06. The largest absolute Gasteiger partial charge is 0.490 e. The molecule has 7 heteroatoms. The minimum Gasteiger partial charge on any atom is -0.490 e. The SMILES string of the molecule is CCOc1cc(C=Nc2ccc(N3CCOCC3)cc2)cc(Cl)c1OCc1ccccc1Cl. The summed E-state index contributed by atoms with van der Waals surface area (Å²) < 4.78 is 17.2. The van der Waals surface area contributed by atoms with Crippen LogP contribution in [0.15, 0.2) is 65.7 Å². The molecule has 0 saturated carbocycles. The van der Waals surface area contributed by atoms with Crippen LogP contribution in [0.3, 0.4) is 0 Å². The second-order valence-corrected chi connectivity index (χ2v) is 8.33. The molecule has 0 spiro atoms. The zero-order valence-corrected chi connectivity index (χ0v) is 20.0. The lowest BCUT2D eigenvalue weighted by Crippen LogP contribution is -2.36. The van der Waals surface area contributed by atoms with Gasteiger partial charge in [-0.05, 0) is 55.0 Å². The predicted octanol–water partition coefficient (Wildman–Crippen LogP) is 6.56. The standard InChI is InChI=1S/C26H26Cl2N2O3/c1-2-32-25-16-19(15-24(28)26(25)33-18-20-5-3-4-6-23(20)27)17-29-21-7-9-22(10-8-21)30-11-13-31-14-12-30/h3-10,15-17H,2,11-14,18H2,1H3. The van der Waals surface area contributed by atoms with E-state index < -0.39 is 0 Å². The molecular formula is C26H26Cl2N2O3. The first kappa shape index (κ1) is 23.4. The molecule has 3 aromatic carbocycles. The van der Waals surface area contributed by atoms with E-state index in [-0.39, 0.29) is 0 Å². The van der Waals surface area contributed by atoms with E-state index in [9.17, 15) is 0 Å². The lowest BCUT2D eigenvalue weighted by atomic mass is 10.2. The van der Waals surface area contributed by atoms with E-state index in [0.29, 0.717) is 34.8 Å². The summed E-state index contributed by atoms with van der Waals surface area (Å²) in [6.45, 7) is 6.05. The van der Waals surface area contributed by atoms with Crippen LogP contribution < -0.4 is 14.4 Å². The maximum atomic E-state index is 6.55. The van der Waals surface area contributed by atoms with Gasteiger partial charge < -0.3 is 19.1 Å². The third kappa shape index (κ3) is 6.20. The number of rotatable bonds is 8. The molecule has 4 rings (SSSR count). The highest BCUT2D eigenvalue weighted by molar-refractivity contribution is 6.32. The fourth-order valence-corrected chi connectivity index (χ4v) is 4.01. The van der Waals surface area contributed by atoms with Gasteiger partial charge in [-0.1, -0.05) is 41.4 Å². The van der Waals surface area contributed by atoms with Crippen LogP contribution in [0.4, 0.5) is 11.4 Å². The van der Waals surface area contributed by atoms with E-state index >= 15 is 0 Å². The van der Waals surface area contributed by atoms with Crippen molar-refractivity contribution in [3.63, 3.8) is 0 Å². The maximum Gasteiger partial charge on any atom is 0.180 e. The lowest BCUT2D eigenvalue weighted by Gasteiger charge is -2.28. The molecule has 0 atom stereocenters. The Balaban J connectivity index is 1.48. The Bertz CT molecular complexity index is 1100. The molecule has 1 aliphatic heterocycles. The van der Waals surface area contributed by atoms with Crippen LogP contribution in [0.5, 0.6) is 11.5 Å². The molecule has 172 valence electrons. The molecule has 0 radical (unpaired) electrons. The van der Waals surface area contributed by atoms with Crippen LogP contribution in [0, 0.1) is 0 Å². The number of hydrogen-bond donors (Lipinski definition) is 0. The van der Waals surface area contributed by atoms with Gasteiger partial charge in [0.25, 0.3) is 0 Å². The number of anilines is 1. The molecule has 1 saturated heterocycles. The highest BCUT2D eigenvalue weighted by atomic mass is 35.5. The third-order valence-electron chi connectivity index (χ3n) is 5.25. The maximum absolute atomic E-state index is 6.55. The van der Waals surface area contributed by atoms with Gasteiger partial charge in [-0.3, -0.25) is 4.99 Å². The number of ether oxygens (including phenoxy) is 3. The van der Waals surface area contributed by atoms with Crippen LogP contribution in [-0.2, 0) is 11.3 Å². The van der Waals surface area contributed by atoms with Crippen molar-refractivity contribution in [2.24, 2.45) is 4.99 Å². The highest BCUT2D eigenvalue weighted by Crippen LogP contribution is 2.37. The van der Waals surface area contributed by atoms with Gasteiger partial charge in [0.2, 0.25) is 0 Å². The van der Waals surface area contributed by atoms with Gasteiger partial charge in [0.15, 0.2) is 11.5 Å². The van der Waals surface area contributed by atoms with Crippen LogP contribution in [-0.4, -0.2) is 39.1 Å². The van der Waals surface area contributed by atoms with E-state index in [1.165, 1.54) is 5.69 Å². The second kappa shape index (κ2) is 11.4. The summed E-state index contributed by atoms with van der Waals surface area (Å²) in [4.78, 5) is 6.91. The smallest absolute Gasteiger partial charge is 0.180 e. The minimum atomic E-state index is 0.294. The van der Waals surface area contributed by atoms with E-state index in [0.717, 1.165) is 43.1 Å². The Morgan fingerprint density at radius 2 is 1.73 bits per heavy atom. The Kier molecular flexibility index (Phi) is 8.10. The van der Waals surface area contributed by atoms with Gasteiger partial charge >= 0.3 is 0 Å². The topological polar surface area (TPSA) is 43.3 Å². The molecule has 3 aromatic rings. The van der Waals surface area contributed by atoms with Crippen molar-refractivity contribution in [1.29, 1.82) is 0 Å². The van der Waals surface area contributed by atoms with E-state index in [1.54, 1.807) is 6.21 Å². The molecular weight excluding hydrogens is 459 g/mol. The predicted molar refractivity (Wildman–Crippen MR) is 135 cm³/mol.